The molecule has 12 heteroatoms. The van der Waals surface area contributed by atoms with Crippen LogP contribution in [0.1, 0.15) is 31.4 Å². The van der Waals surface area contributed by atoms with Gasteiger partial charge in [0, 0.05) is 29.5 Å². The van der Waals surface area contributed by atoms with E-state index < -0.39 is 17.8 Å². The summed E-state index contributed by atoms with van der Waals surface area (Å²) in [5.74, 6) is -1.24. The lowest BCUT2D eigenvalue weighted by Crippen LogP contribution is -2.38. The van der Waals surface area contributed by atoms with Crippen LogP contribution in [0.25, 0.3) is 10.9 Å². The fourth-order valence-electron chi connectivity index (χ4n) is 4.25. The predicted octanol–water partition coefficient (Wildman–Crippen LogP) is 6.31. The molecule has 1 fully saturated rings. The van der Waals surface area contributed by atoms with Crippen LogP contribution >= 0.6 is 23.2 Å². The van der Waals surface area contributed by atoms with Crippen molar-refractivity contribution in [1.29, 1.82) is 5.26 Å². The van der Waals surface area contributed by atoms with E-state index in [0.717, 1.165) is 12.8 Å². The van der Waals surface area contributed by atoms with Crippen LogP contribution in [0, 0.1) is 23.1 Å². The minimum Gasteiger partial charge on any atom is -0.373 e. The normalized spacial score (nSPS) is 16.6. The second-order valence-corrected chi connectivity index (χ2v) is 9.87. The second-order valence-electron chi connectivity index (χ2n) is 9.06. The molecule has 196 valence electrons. The summed E-state index contributed by atoms with van der Waals surface area (Å²) in [6, 6.07) is 11.2. The molecule has 0 amide bonds. The Labute approximate surface area is 233 Å². The third-order valence-electron chi connectivity index (χ3n) is 6.31. The zero-order valence-corrected chi connectivity index (χ0v) is 21.6. The number of anilines is 3. The van der Waals surface area contributed by atoms with Gasteiger partial charge in [-0.3, -0.25) is 9.99 Å². The summed E-state index contributed by atoms with van der Waals surface area (Å²) in [7, 11) is 0. The lowest BCUT2D eigenvalue weighted by molar-refractivity contribution is 0.260. The average Bonchev–Trinajstić information content (AvgIpc) is 3.67. The fraction of sp³-hybridized carbons (Fsp3) is 0.148. The van der Waals surface area contributed by atoms with Crippen molar-refractivity contribution < 1.29 is 10.2 Å². The van der Waals surface area contributed by atoms with Crippen LogP contribution in [0.15, 0.2) is 66.8 Å². The molecule has 0 bridgehead atoms. The molecule has 1 atom stereocenters. The van der Waals surface area contributed by atoms with Crippen molar-refractivity contribution in [3.05, 3.63) is 99.7 Å². The van der Waals surface area contributed by atoms with Crippen LogP contribution in [0.3, 0.4) is 0 Å². The maximum Gasteiger partial charge on any atom is 0.231 e. The SMILES string of the molecule is [2H][C@](Nc1cc(Cl)c2ncc(C#N)c(Nc3cnc(F)c(Cl)c3)c2c1)(C1=CN(C2CC2)NN1)c1ccc(F)cc1. The average molecular weight is 566 g/mol. The highest BCUT2D eigenvalue weighted by Crippen LogP contribution is 2.37. The van der Waals surface area contributed by atoms with Crippen LogP contribution in [0.2, 0.25) is 10.0 Å². The number of benzene rings is 2. The molecule has 39 heavy (non-hydrogen) atoms. The highest BCUT2D eigenvalue weighted by molar-refractivity contribution is 6.36. The summed E-state index contributed by atoms with van der Waals surface area (Å²) in [5, 5.41) is 18.5. The molecule has 2 aromatic carbocycles. The van der Waals surface area contributed by atoms with E-state index in [1.165, 1.54) is 42.7 Å². The van der Waals surface area contributed by atoms with E-state index in [2.05, 4.69) is 37.6 Å². The molecule has 4 aromatic rings. The Morgan fingerprint density at radius 1 is 1.08 bits per heavy atom. The van der Waals surface area contributed by atoms with Crippen molar-refractivity contribution in [3.63, 3.8) is 0 Å². The first kappa shape index (κ1) is 23.9. The molecule has 1 aliphatic heterocycles. The van der Waals surface area contributed by atoms with E-state index in [0.29, 0.717) is 45.3 Å². The molecule has 2 aliphatic rings. The quantitative estimate of drug-likeness (QED) is 0.193. The number of nitriles is 1. The third kappa shape index (κ3) is 5.12. The van der Waals surface area contributed by atoms with Crippen LogP contribution in [-0.2, 0) is 0 Å². The first-order valence-corrected chi connectivity index (χ1v) is 12.7. The van der Waals surface area contributed by atoms with E-state index in [-0.39, 0.29) is 15.6 Å². The van der Waals surface area contributed by atoms with E-state index >= 15 is 0 Å². The van der Waals surface area contributed by atoms with Gasteiger partial charge in [0.2, 0.25) is 5.95 Å². The van der Waals surface area contributed by atoms with Crippen molar-refractivity contribution in [3.8, 4) is 6.07 Å². The number of nitrogens with zero attached hydrogens (tertiary/aromatic N) is 4. The first-order chi connectivity index (χ1) is 19.2. The number of rotatable bonds is 7. The van der Waals surface area contributed by atoms with Gasteiger partial charge < -0.3 is 16.1 Å². The Morgan fingerprint density at radius 3 is 2.56 bits per heavy atom. The standard InChI is InChI=1S/C27H20Cl2F2N8/c28-21-8-17(35-25(14-1-3-16(30)4-2-14)23-13-39(38-37-23)19-5-6-19)7-20-24(15(10-32)11-33-26(20)21)36-18-9-22(29)27(31)34-12-18/h1-4,7-9,11-13,19,25,35,37-38H,5-6H2,(H,33,36)/t25-/m1/s1/i25D. The summed E-state index contributed by atoms with van der Waals surface area (Å²) < 4.78 is 37.0. The van der Waals surface area contributed by atoms with Gasteiger partial charge in [0.1, 0.15) is 11.9 Å². The molecule has 2 aromatic heterocycles. The third-order valence-corrected chi connectivity index (χ3v) is 6.86. The summed E-state index contributed by atoms with van der Waals surface area (Å²) in [6.45, 7) is 0. The predicted molar refractivity (Wildman–Crippen MR) is 146 cm³/mol. The van der Waals surface area contributed by atoms with Gasteiger partial charge in [0.05, 0.1) is 51.8 Å². The zero-order valence-electron chi connectivity index (χ0n) is 21.1. The van der Waals surface area contributed by atoms with Gasteiger partial charge in [-0.1, -0.05) is 35.3 Å². The van der Waals surface area contributed by atoms with Gasteiger partial charge in [-0.05, 0) is 48.7 Å². The largest absolute Gasteiger partial charge is 0.373 e. The zero-order chi connectivity index (χ0) is 28.0. The second kappa shape index (κ2) is 10.2. The summed E-state index contributed by atoms with van der Waals surface area (Å²) in [5.41, 5.74) is 8.81. The van der Waals surface area contributed by atoms with Crippen molar-refractivity contribution in [2.75, 3.05) is 10.6 Å². The summed E-state index contributed by atoms with van der Waals surface area (Å²) in [4.78, 5) is 7.98. The van der Waals surface area contributed by atoms with Gasteiger partial charge >= 0.3 is 0 Å². The van der Waals surface area contributed by atoms with Crippen LogP contribution < -0.4 is 21.6 Å². The van der Waals surface area contributed by atoms with Crippen molar-refractivity contribution in [1.82, 2.24) is 25.9 Å². The Hall–Kier alpha value is -4.17. The molecule has 4 N–H and O–H groups in total. The fourth-order valence-corrected chi connectivity index (χ4v) is 4.68. The van der Waals surface area contributed by atoms with Gasteiger partial charge in [-0.15, -0.1) is 5.53 Å². The number of halogens is 4. The van der Waals surface area contributed by atoms with E-state index in [4.69, 9.17) is 23.2 Å². The maximum atomic E-state index is 13.8. The van der Waals surface area contributed by atoms with Gasteiger partial charge in [-0.25, -0.2) is 9.37 Å². The van der Waals surface area contributed by atoms with Crippen molar-refractivity contribution in [2.45, 2.75) is 24.9 Å². The Kier molecular flexibility index (Phi) is 6.25. The number of fused-ring (bicyclic) bond motifs is 1. The van der Waals surface area contributed by atoms with Gasteiger partial charge in [0.25, 0.3) is 0 Å². The number of hydrogen-bond acceptors (Lipinski definition) is 8. The monoisotopic (exact) mass is 565 g/mol. The molecular weight excluding hydrogens is 545 g/mol. The highest BCUT2D eigenvalue weighted by Gasteiger charge is 2.32. The molecule has 6 rings (SSSR count). The topological polar surface area (TPSA) is 101 Å². The van der Waals surface area contributed by atoms with Gasteiger partial charge in [0.15, 0.2) is 0 Å². The Balaban J connectivity index is 1.45. The number of nitrogens with one attached hydrogen (secondary N) is 4. The minimum absolute atomic E-state index is 0.188. The lowest BCUT2D eigenvalue weighted by atomic mass is 10.0. The molecule has 1 saturated carbocycles. The van der Waals surface area contributed by atoms with Crippen molar-refractivity contribution >= 4 is 51.2 Å². The summed E-state index contributed by atoms with van der Waals surface area (Å²) in [6.07, 6.45) is 6.51. The molecule has 1 aliphatic carbocycles. The van der Waals surface area contributed by atoms with E-state index in [1.807, 2.05) is 11.2 Å². The maximum absolute atomic E-state index is 13.8. The molecule has 0 radical (unpaired) electrons. The van der Waals surface area contributed by atoms with E-state index in [9.17, 15) is 15.4 Å². The number of hydrogen-bond donors (Lipinski definition) is 4. The molecular formula is C27H20Cl2F2N8. The molecule has 8 nitrogen and oxygen atoms in total. The molecule has 0 saturated heterocycles. The first-order valence-electron chi connectivity index (χ1n) is 12.4. The van der Waals surface area contributed by atoms with Gasteiger partial charge in [-0.2, -0.15) is 9.65 Å². The van der Waals surface area contributed by atoms with Crippen LogP contribution in [0.4, 0.5) is 25.8 Å². The molecule has 0 unspecified atom stereocenters. The van der Waals surface area contributed by atoms with Crippen molar-refractivity contribution in [2.24, 2.45) is 0 Å². The number of pyridine rings is 2. The smallest absolute Gasteiger partial charge is 0.231 e. The summed E-state index contributed by atoms with van der Waals surface area (Å²) >= 11 is 12.6. The van der Waals surface area contributed by atoms with Crippen LogP contribution in [0.5, 0.6) is 0 Å². The lowest BCUT2D eigenvalue weighted by Gasteiger charge is -2.22. The number of hydrazine groups is 2. The molecule has 3 heterocycles. The van der Waals surface area contributed by atoms with Crippen LogP contribution in [-0.4, -0.2) is 21.0 Å². The highest BCUT2D eigenvalue weighted by atomic mass is 35.5. The Bertz CT molecular complexity index is 1710. The molecule has 0 spiro atoms. The van der Waals surface area contributed by atoms with E-state index in [1.54, 1.807) is 12.1 Å². The number of aromatic nitrogens is 2. The Morgan fingerprint density at radius 2 is 1.85 bits per heavy atom. The minimum atomic E-state index is -1.59.